The predicted molar refractivity (Wildman–Crippen MR) is 70.6 cm³/mol. The monoisotopic (exact) mass is 307 g/mol. The van der Waals surface area contributed by atoms with E-state index in [1.165, 1.54) is 25.9 Å². The molecule has 9 heteroatoms. The second kappa shape index (κ2) is 5.72. The fourth-order valence-electron chi connectivity index (χ4n) is 1.33. The maximum atomic E-state index is 12.0. The zero-order valence-corrected chi connectivity index (χ0v) is 12.2. The number of H-pyrrole nitrogens is 1. The number of nitrogens with one attached hydrogen (secondary N) is 2. The van der Waals surface area contributed by atoms with Crippen LogP contribution in [0.4, 0.5) is 0 Å². The molecule has 1 heterocycles. The number of aromatic amines is 1. The van der Waals surface area contributed by atoms with E-state index in [1.54, 1.807) is 0 Å². The molecule has 1 aromatic rings. The van der Waals surface area contributed by atoms with E-state index in [1.807, 2.05) is 0 Å². The van der Waals surface area contributed by atoms with E-state index in [-0.39, 0.29) is 15.8 Å². The molecule has 0 saturated heterocycles. The summed E-state index contributed by atoms with van der Waals surface area (Å²) in [5.74, 6) is -0.390. The third-order valence-electron chi connectivity index (χ3n) is 2.28. The number of halogens is 1. The average molecular weight is 308 g/mol. The number of carbonyl (C=O) groups excluding carboxylic acids is 1. The van der Waals surface area contributed by atoms with Crippen LogP contribution in [0, 0.1) is 0 Å². The van der Waals surface area contributed by atoms with Crippen molar-refractivity contribution < 1.29 is 13.2 Å². The van der Waals surface area contributed by atoms with Crippen molar-refractivity contribution in [3.63, 3.8) is 0 Å². The van der Waals surface area contributed by atoms with Crippen LogP contribution >= 0.6 is 11.6 Å². The molecule has 2 N–H and O–H groups in total. The van der Waals surface area contributed by atoms with Crippen molar-refractivity contribution in [3.05, 3.63) is 27.6 Å². The Balaban J connectivity index is 3.02. The molecule has 1 amide bonds. The van der Waals surface area contributed by atoms with Gasteiger partial charge in [0.2, 0.25) is 15.9 Å². The first-order chi connectivity index (χ1) is 8.65. The Labute approximate surface area is 115 Å². The van der Waals surface area contributed by atoms with Crippen LogP contribution < -0.4 is 10.3 Å². The molecule has 0 spiro atoms. The van der Waals surface area contributed by atoms with Crippen LogP contribution in [0.5, 0.6) is 0 Å². The summed E-state index contributed by atoms with van der Waals surface area (Å²) in [7, 11) is -0.894. The van der Waals surface area contributed by atoms with Crippen molar-refractivity contribution in [2.45, 2.75) is 17.9 Å². The van der Waals surface area contributed by atoms with Crippen LogP contribution in [-0.2, 0) is 14.8 Å². The van der Waals surface area contributed by atoms with Crippen LogP contribution in [0.15, 0.2) is 22.0 Å². The Hall–Kier alpha value is -1.38. The van der Waals surface area contributed by atoms with Gasteiger partial charge in [-0.3, -0.25) is 9.59 Å². The molecule has 0 aromatic carbocycles. The lowest BCUT2D eigenvalue weighted by Crippen LogP contribution is -2.44. The van der Waals surface area contributed by atoms with E-state index in [0.29, 0.717) is 0 Å². The average Bonchev–Trinajstić information content (AvgIpc) is 2.30. The number of rotatable bonds is 4. The van der Waals surface area contributed by atoms with Crippen LogP contribution in [0.2, 0.25) is 5.02 Å². The molecule has 1 rings (SSSR count). The molecule has 0 aliphatic rings. The number of amides is 1. The van der Waals surface area contributed by atoms with Gasteiger partial charge in [0.1, 0.15) is 5.02 Å². The maximum absolute atomic E-state index is 12.0. The lowest BCUT2D eigenvalue weighted by Gasteiger charge is -2.17. The van der Waals surface area contributed by atoms with E-state index in [0.717, 1.165) is 12.3 Å². The Morgan fingerprint density at radius 2 is 2.05 bits per heavy atom. The van der Waals surface area contributed by atoms with Crippen LogP contribution in [0.25, 0.3) is 0 Å². The highest BCUT2D eigenvalue weighted by Crippen LogP contribution is 2.11. The number of hydrogen-bond acceptors (Lipinski definition) is 4. The van der Waals surface area contributed by atoms with Crippen LogP contribution in [0.1, 0.15) is 6.92 Å². The molecule has 19 heavy (non-hydrogen) atoms. The second-order valence-corrected chi connectivity index (χ2v) is 6.21. The molecular weight excluding hydrogens is 294 g/mol. The number of hydrogen-bond donors (Lipinski definition) is 2. The van der Waals surface area contributed by atoms with Crippen LogP contribution in [-0.4, -0.2) is 44.3 Å². The number of nitrogens with zero attached hydrogens (tertiary/aromatic N) is 1. The normalized spacial score (nSPS) is 13.1. The summed E-state index contributed by atoms with van der Waals surface area (Å²) in [6.07, 6.45) is 1.02. The molecule has 0 aliphatic carbocycles. The molecule has 7 nitrogen and oxygen atoms in total. The van der Waals surface area contributed by atoms with Crippen molar-refractivity contribution in [1.82, 2.24) is 14.6 Å². The molecule has 1 unspecified atom stereocenters. The fraction of sp³-hybridized carbons (Fsp3) is 0.400. The summed E-state index contributed by atoms with van der Waals surface area (Å²) < 4.78 is 26.1. The van der Waals surface area contributed by atoms with E-state index in [4.69, 9.17) is 11.6 Å². The zero-order chi connectivity index (χ0) is 14.8. The highest BCUT2D eigenvalue weighted by molar-refractivity contribution is 7.89. The summed E-state index contributed by atoms with van der Waals surface area (Å²) >= 11 is 5.56. The molecule has 0 bridgehead atoms. The molecule has 0 saturated carbocycles. The summed E-state index contributed by atoms with van der Waals surface area (Å²) in [6.45, 7) is 1.42. The quantitative estimate of drug-likeness (QED) is 0.803. The Kier molecular flexibility index (Phi) is 4.72. The standard InChI is InChI=1S/C10H14ClN3O4S/c1-6(10(16)14(2)3)13-19(17,18)7-4-8(11)9(15)12-5-7/h4-6,13H,1-3H3,(H,12,15). The maximum Gasteiger partial charge on any atom is 0.266 e. The fourth-order valence-corrected chi connectivity index (χ4v) is 2.76. The van der Waals surface area contributed by atoms with Gasteiger partial charge in [0, 0.05) is 20.3 Å². The largest absolute Gasteiger partial charge is 0.347 e. The van der Waals surface area contributed by atoms with Crippen molar-refractivity contribution in [3.8, 4) is 0 Å². The number of aromatic nitrogens is 1. The molecule has 0 radical (unpaired) electrons. The van der Waals surface area contributed by atoms with Gasteiger partial charge in [-0.1, -0.05) is 11.6 Å². The van der Waals surface area contributed by atoms with Crippen LogP contribution in [0.3, 0.4) is 0 Å². The lowest BCUT2D eigenvalue weighted by molar-refractivity contribution is -0.130. The SMILES string of the molecule is CC(NS(=O)(=O)c1c[nH]c(=O)c(Cl)c1)C(=O)N(C)C. The highest BCUT2D eigenvalue weighted by Gasteiger charge is 2.23. The molecule has 0 fully saturated rings. The van der Waals surface area contributed by atoms with Gasteiger partial charge >= 0.3 is 0 Å². The molecule has 106 valence electrons. The first-order valence-electron chi connectivity index (χ1n) is 5.27. The second-order valence-electron chi connectivity index (χ2n) is 4.09. The van der Waals surface area contributed by atoms with Gasteiger partial charge in [-0.25, -0.2) is 8.42 Å². The van der Waals surface area contributed by atoms with E-state index in [2.05, 4.69) is 9.71 Å². The van der Waals surface area contributed by atoms with Crippen molar-refractivity contribution >= 4 is 27.5 Å². The minimum Gasteiger partial charge on any atom is -0.347 e. The number of pyridine rings is 1. The van der Waals surface area contributed by atoms with Gasteiger partial charge in [0.05, 0.1) is 10.9 Å². The summed E-state index contributed by atoms with van der Waals surface area (Å²) in [4.78, 5) is 25.9. The molecule has 1 aromatic heterocycles. The highest BCUT2D eigenvalue weighted by atomic mass is 35.5. The van der Waals surface area contributed by atoms with E-state index < -0.39 is 21.6 Å². The van der Waals surface area contributed by atoms with Gasteiger partial charge in [0.15, 0.2) is 0 Å². The molecular formula is C10H14ClN3O4S. The van der Waals surface area contributed by atoms with E-state index in [9.17, 15) is 18.0 Å². The lowest BCUT2D eigenvalue weighted by atomic mass is 10.3. The van der Waals surface area contributed by atoms with Crippen molar-refractivity contribution in [2.24, 2.45) is 0 Å². The van der Waals surface area contributed by atoms with Gasteiger partial charge < -0.3 is 9.88 Å². The number of sulfonamides is 1. The van der Waals surface area contributed by atoms with Gasteiger partial charge in [-0.05, 0) is 13.0 Å². The Morgan fingerprint density at radius 1 is 1.47 bits per heavy atom. The predicted octanol–water partition coefficient (Wildman–Crippen LogP) is -0.217. The van der Waals surface area contributed by atoms with E-state index >= 15 is 0 Å². The third-order valence-corrected chi connectivity index (χ3v) is 4.09. The smallest absolute Gasteiger partial charge is 0.266 e. The van der Waals surface area contributed by atoms with Crippen molar-refractivity contribution in [2.75, 3.05) is 14.1 Å². The summed E-state index contributed by atoms with van der Waals surface area (Å²) in [5.41, 5.74) is -0.585. The summed E-state index contributed by atoms with van der Waals surface area (Å²) in [6, 6.07) is 0.0981. The van der Waals surface area contributed by atoms with Gasteiger partial charge in [0.25, 0.3) is 5.56 Å². The minimum atomic E-state index is -3.93. The first-order valence-corrected chi connectivity index (χ1v) is 7.13. The van der Waals surface area contributed by atoms with Crippen molar-refractivity contribution in [1.29, 1.82) is 0 Å². The number of likely N-dealkylation sites (N-methyl/N-ethyl adjacent to an activating group) is 1. The number of carbonyl (C=O) groups is 1. The summed E-state index contributed by atoms with van der Waals surface area (Å²) in [5, 5.41) is -0.241. The topological polar surface area (TPSA) is 99.3 Å². The Bertz CT molecular complexity index is 638. The van der Waals surface area contributed by atoms with Gasteiger partial charge in [-0.15, -0.1) is 0 Å². The van der Waals surface area contributed by atoms with Gasteiger partial charge in [-0.2, -0.15) is 4.72 Å². The minimum absolute atomic E-state index is 0.212. The Morgan fingerprint density at radius 3 is 2.53 bits per heavy atom. The molecule has 0 aliphatic heterocycles. The molecule has 1 atom stereocenters. The third kappa shape index (κ3) is 3.79. The first kappa shape index (κ1) is 15.7. The zero-order valence-electron chi connectivity index (χ0n) is 10.6.